The summed E-state index contributed by atoms with van der Waals surface area (Å²) < 4.78 is 1.74. The minimum atomic E-state index is -0.213. The van der Waals surface area contributed by atoms with Gasteiger partial charge in [0, 0.05) is 24.0 Å². The van der Waals surface area contributed by atoms with Crippen molar-refractivity contribution < 1.29 is 4.79 Å². The first-order valence-corrected chi connectivity index (χ1v) is 6.50. The lowest BCUT2D eigenvalue weighted by Crippen LogP contribution is -2.12. The van der Waals surface area contributed by atoms with Crippen LogP contribution in [-0.2, 0) is 13.0 Å². The molecule has 6 heteroatoms. The van der Waals surface area contributed by atoms with Crippen LogP contribution in [0, 0.1) is 0 Å². The molecule has 19 heavy (non-hydrogen) atoms. The van der Waals surface area contributed by atoms with Crippen LogP contribution in [0.25, 0.3) is 0 Å². The number of anilines is 1. The number of halogens is 1. The monoisotopic (exact) mass is 278 g/mol. The molecule has 0 fully saturated rings. The fourth-order valence-corrected chi connectivity index (χ4v) is 1.89. The lowest BCUT2D eigenvalue weighted by atomic mass is 10.2. The first-order chi connectivity index (χ1) is 9.12. The molecule has 5 nitrogen and oxygen atoms in total. The number of nitrogens with one attached hydrogen (secondary N) is 1. The van der Waals surface area contributed by atoms with Gasteiger partial charge in [-0.3, -0.25) is 9.48 Å². The molecule has 0 aliphatic heterocycles. The van der Waals surface area contributed by atoms with Crippen molar-refractivity contribution in [2.75, 3.05) is 5.32 Å². The molecular weight excluding hydrogens is 264 g/mol. The third-order valence-electron chi connectivity index (χ3n) is 2.69. The SMILES string of the molecule is CCc1cc(C(=O)Nc2cnn(CC)c2)cc(Cl)n1. The van der Waals surface area contributed by atoms with Gasteiger partial charge in [-0.1, -0.05) is 18.5 Å². The van der Waals surface area contributed by atoms with E-state index in [9.17, 15) is 4.79 Å². The normalized spacial score (nSPS) is 10.5. The predicted octanol–water partition coefficient (Wildman–Crippen LogP) is 2.77. The largest absolute Gasteiger partial charge is 0.319 e. The number of rotatable bonds is 4. The van der Waals surface area contributed by atoms with Crippen molar-refractivity contribution in [3.8, 4) is 0 Å². The molecule has 0 unspecified atom stereocenters. The van der Waals surface area contributed by atoms with Crippen LogP contribution in [0.15, 0.2) is 24.5 Å². The average Bonchev–Trinajstić information content (AvgIpc) is 2.85. The third-order valence-corrected chi connectivity index (χ3v) is 2.88. The van der Waals surface area contributed by atoms with Crippen LogP contribution in [0.4, 0.5) is 5.69 Å². The molecule has 100 valence electrons. The summed E-state index contributed by atoms with van der Waals surface area (Å²) in [6, 6.07) is 3.30. The third kappa shape index (κ3) is 3.32. The highest BCUT2D eigenvalue weighted by atomic mass is 35.5. The molecule has 0 saturated carbocycles. The highest BCUT2D eigenvalue weighted by Gasteiger charge is 2.10. The highest BCUT2D eigenvalue weighted by Crippen LogP contribution is 2.14. The van der Waals surface area contributed by atoms with E-state index in [-0.39, 0.29) is 5.91 Å². The summed E-state index contributed by atoms with van der Waals surface area (Å²) in [7, 11) is 0. The zero-order chi connectivity index (χ0) is 13.8. The van der Waals surface area contributed by atoms with Gasteiger partial charge < -0.3 is 5.32 Å². The number of pyridine rings is 1. The minimum absolute atomic E-state index is 0.213. The van der Waals surface area contributed by atoms with Crippen LogP contribution in [0.5, 0.6) is 0 Å². The Hall–Kier alpha value is -1.88. The lowest BCUT2D eigenvalue weighted by molar-refractivity contribution is 0.102. The smallest absolute Gasteiger partial charge is 0.255 e. The van der Waals surface area contributed by atoms with Crippen molar-refractivity contribution in [2.24, 2.45) is 0 Å². The molecule has 1 N–H and O–H groups in total. The number of hydrogen-bond donors (Lipinski definition) is 1. The summed E-state index contributed by atoms with van der Waals surface area (Å²) in [5.41, 5.74) is 1.96. The van der Waals surface area contributed by atoms with Gasteiger partial charge in [-0.05, 0) is 25.5 Å². The van der Waals surface area contributed by atoms with Crippen molar-refractivity contribution in [3.63, 3.8) is 0 Å². The van der Waals surface area contributed by atoms with Gasteiger partial charge in [0.15, 0.2) is 0 Å². The van der Waals surface area contributed by atoms with Gasteiger partial charge in [0.25, 0.3) is 5.91 Å². The van der Waals surface area contributed by atoms with Crippen LogP contribution >= 0.6 is 11.6 Å². The number of carbonyl (C=O) groups is 1. The van der Waals surface area contributed by atoms with Crippen molar-refractivity contribution in [2.45, 2.75) is 26.8 Å². The van der Waals surface area contributed by atoms with Crippen LogP contribution < -0.4 is 5.32 Å². The van der Waals surface area contributed by atoms with Crippen LogP contribution in [0.2, 0.25) is 5.15 Å². The topological polar surface area (TPSA) is 59.8 Å². The molecule has 0 atom stereocenters. The zero-order valence-corrected chi connectivity index (χ0v) is 11.6. The number of nitrogens with zero attached hydrogens (tertiary/aromatic N) is 3. The van der Waals surface area contributed by atoms with Gasteiger partial charge in [-0.25, -0.2) is 4.98 Å². The minimum Gasteiger partial charge on any atom is -0.319 e. The van der Waals surface area contributed by atoms with E-state index in [1.807, 2.05) is 13.8 Å². The molecule has 2 aromatic heterocycles. The Morgan fingerprint density at radius 2 is 2.21 bits per heavy atom. The van der Waals surface area contributed by atoms with Crippen molar-refractivity contribution in [1.82, 2.24) is 14.8 Å². The molecule has 0 aliphatic carbocycles. The Balaban J connectivity index is 2.17. The maximum Gasteiger partial charge on any atom is 0.255 e. The molecule has 2 heterocycles. The first-order valence-electron chi connectivity index (χ1n) is 6.12. The second kappa shape index (κ2) is 5.84. The molecule has 0 aliphatic rings. The van der Waals surface area contributed by atoms with E-state index in [0.29, 0.717) is 16.4 Å². The van der Waals surface area contributed by atoms with Gasteiger partial charge in [-0.15, -0.1) is 0 Å². The molecule has 2 aromatic rings. The molecule has 0 saturated heterocycles. The first kappa shape index (κ1) is 13.5. The maximum absolute atomic E-state index is 12.1. The van der Waals surface area contributed by atoms with Crippen molar-refractivity contribution >= 4 is 23.2 Å². The number of aromatic nitrogens is 3. The number of carbonyl (C=O) groups excluding carboxylic acids is 1. The van der Waals surface area contributed by atoms with E-state index in [1.165, 1.54) is 0 Å². The van der Waals surface area contributed by atoms with Gasteiger partial charge in [0.2, 0.25) is 0 Å². The van der Waals surface area contributed by atoms with Crippen LogP contribution in [0.1, 0.15) is 29.9 Å². The Kier molecular flexibility index (Phi) is 4.16. The number of aryl methyl sites for hydroxylation is 2. The predicted molar refractivity (Wildman–Crippen MR) is 74.5 cm³/mol. The number of hydrogen-bond acceptors (Lipinski definition) is 3. The summed E-state index contributed by atoms with van der Waals surface area (Å²) >= 11 is 5.89. The second-order valence-electron chi connectivity index (χ2n) is 4.06. The van der Waals surface area contributed by atoms with Gasteiger partial charge in [0.05, 0.1) is 11.9 Å². The maximum atomic E-state index is 12.1. The molecule has 1 amide bonds. The fourth-order valence-electron chi connectivity index (χ4n) is 1.67. The van der Waals surface area contributed by atoms with E-state index in [4.69, 9.17) is 11.6 Å². The van der Waals surface area contributed by atoms with Crippen molar-refractivity contribution in [3.05, 3.63) is 40.9 Å². The molecule has 2 rings (SSSR count). The van der Waals surface area contributed by atoms with E-state index >= 15 is 0 Å². The molecular formula is C13H15ClN4O. The van der Waals surface area contributed by atoms with E-state index in [0.717, 1.165) is 18.7 Å². The summed E-state index contributed by atoms with van der Waals surface area (Å²) in [4.78, 5) is 16.2. The molecule has 0 radical (unpaired) electrons. The van der Waals surface area contributed by atoms with Gasteiger partial charge in [0.1, 0.15) is 5.15 Å². The van der Waals surface area contributed by atoms with E-state index in [2.05, 4.69) is 15.4 Å². The fraction of sp³-hybridized carbons (Fsp3) is 0.308. The van der Waals surface area contributed by atoms with Crippen LogP contribution in [-0.4, -0.2) is 20.7 Å². The molecule has 0 aromatic carbocycles. The Bertz CT molecular complexity index is 594. The molecule has 0 spiro atoms. The summed E-state index contributed by atoms with van der Waals surface area (Å²) in [5, 5.41) is 7.21. The van der Waals surface area contributed by atoms with E-state index in [1.54, 1.807) is 29.2 Å². The van der Waals surface area contributed by atoms with E-state index < -0.39 is 0 Å². The standard InChI is InChI=1S/C13H15ClN4O/c1-3-10-5-9(6-12(14)16-10)13(19)17-11-7-15-18(4-2)8-11/h5-8H,3-4H2,1-2H3,(H,17,19). The molecule has 0 bridgehead atoms. The Morgan fingerprint density at radius 3 is 2.84 bits per heavy atom. The number of amides is 1. The Morgan fingerprint density at radius 1 is 1.42 bits per heavy atom. The summed E-state index contributed by atoms with van der Waals surface area (Å²) in [6.45, 7) is 4.71. The van der Waals surface area contributed by atoms with Gasteiger partial charge >= 0.3 is 0 Å². The van der Waals surface area contributed by atoms with Gasteiger partial charge in [-0.2, -0.15) is 5.10 Å². The average molecular weight is 279 g/mol. The summed E-state index contributed by atoms with van der Waals surface area (Å²) in [5.74, 6) is -0.213. The van der Waals surface area contributed by atoms with Crippen molar-refractivity contribution in [1.29, 1.82) is 0 Å². The highest BCUT2D eigenvalue weighted by molar-refractivity contribution is 6.29. The quantitative estimate of drug-likeness (QED) is 0.875. The second-order valence-corrected chi connectivity index (χ2v) is 4.45. The lowest BCUT2D eigenvalue weighted by Gasteiger charge is -2.05. The summed E-state index contributed by atoms with van der Waals surface area (Å²) in [6.07, 6.45) is 4.13. The zero-order valence-electron chi connectivity index (χ0n) is 10.9. The Labute approximate surface area is 116 Å². The van der Waals surface area contributed by atoms with Crippen LogP contribution in [0.3, 0.4) is 0 Å².